The third kappa shape index (κ3) is 8.14. The van der Waals surface area contributed by atoms with Gasteiger partial charge in [0.15, 0.2) is 0 Å². The van der Waals surface area contributed by atoms with Crippen molar-refractivity contribution < 1.29 is 19.1 Å². The van der Waals surface area contributed by atoms with Gasteiger partial charge in [0, 0.05) is 35.8 Å². The molecule has 1 heterocycles. The van der Waals surface area contributed by atoms with Crippen LogP contribution < -0.4 is 15.4 Å². The van der Waals surface area contributed by atoms with Crippen molar-refractivity contribution in [2.24, 2.45) is 23.7 Å². The highest BCUT2D eigenvalue weighted by atomic mass is 16.5. The fourth-order valence-electron chi connectivity index (χ4n) is 6.77. The second-order valence-electron chi connectivity index (χ2n) is 11.9. The standard InChI is InChI=1S/C35H45N5O4/c1-4-25-17-24-18-28(32(25)19-24)23-44-33(41)22-36-34(42)27-9-7-26(8-10-27)29-20-37-35(38-21-29)39-30-11-13-31(14-12-30)43-16-15-40(5-2)6-3/h7-14,20-21,24-25,28,32H,4-6,15-19,22-23H2,1-3H3,(H,36,42)(H,37,38,39). The van der Waals surface area contributed by atoms with Crippen LogP contribution in [0.3, 0.4) is 0 Å². The van der Waals surface area contributed by atoms with Gasteiger partial charge in [0.05, 0.1) is 6.61 Å². The Bertz CT molecular complexity index is 1360. The zero-order chi connectivity index (χ0) is 30.9. The maximum absolute atomic E-state index is 12.6. The molecule has 234 valence electrons. The Balaban J connectivity index is 1.04. The number of rotatable bonds is 15. The number of anilines is 2. The van der Waals surface area contributed by atoms with Crippen LogP contribution in [0.15, 0.2) is 60.9 Å². The summed E-state index contributed by atoms with van der Waals surface area (Å²) in [4.78, 5) is 36.1. The molecule has 1 amide bonds. The van der Waals surface area contributed by atoms with Gasteiger partial charge >= 0.3 is 5.97 Å². The molecule has 44 heavy (non-hydrogen) atoms. The van der Waals surface area contributed by atoms with Crippen molar-refractivity contribution >= 4 is 23.5 Å². The number of aromatic nitrogens is 2. The SMILES string of the molecule is CCC1CC2CC(COC(=O)CNC(=O)c3ccc(-c4cnc(Nc5ccc(OCCN(CC)CC)cc5)nc4)cc3)C1C2. The van der Waals surface area contributed by atoms with E-state index in [-0.39, 0.29) is 18.4 Å². The lowest BCUT2D eigenvalue weighted by Gasteiger charge is -2.28. The Labute approximate surface area is 260 Å². The topological polar surface area (TPSA) is 106 Å². The van der Waals surface area contributed by atoms with Crippen LogP contribution in [-0.2, 0) is 9.53 Å². The van der Waals surface area contributed by atoms with Crippen molar-refractivity contribution in [2.75, 3.05) is 44.7 Å². The van der Waals surface area contributed by atoms with Gasteiger partial charge in [0.1, 0.15) is 18.9 Å². The molecule has 2 aromatic carbocycles. The number of likely N-dealkylation sites (N-methyl/N-ethyl adjacent to an activating group) is 1. The molecule has 0 saturated heterocycles. The van der Waals surface area contributed by atoms with E-state index in [0.717, 1.165) is 54.0 Å². The second kappa shape index (κ2) is 15.1. The zero-order valence-corrected chi connectivity index (χ0v) is 26.1. The van der Waals surface area contributed by atoms with Gasteiger partial charge in [0.2, 0.25) is 5.95 Å². The van der Waals surface area contributed by atoms with E-state index >= 15 is 0 Å². The summed E-state index contributed by atoms with van der Waals surface area (Å²) in [7, 11) is 0. The van der Waals surface area contributed by atoms with E-state index in [1.807, 2.05) is 36.4 Å². The molecular formula is C35H45N5O4. The summed E-state index contributed by atoms with van der Waals surface area (Å²) in [5.74, 6) is 3.35. The van der Waals surface area contributed by atoms with Crippen molar-refractivity contribution in [1.29, 1.82) is 0 Å². The van der Waals surface area contributed by atoms with Crippen molar-refractivity contribution in [2.45, 2.75) is 46.5 Å². The molecule has 4 unspecified atom stereocenters. The summed E-state index contributed by atoms with van der Waals surface area (Å²) in [6.07, 6.45) is 8.47. The van der Waals surface area contributed by atoms with Crippen molar-refractivity contribution in [3.8, 4) is 16.9 Å². The highest BCUT2D eigenvalue weighted by Gasteiger charge is 2.45. The van der Waals surface area contributed by atoms with Crippen LogP contribution in [-0.4, -0.2) is 66.1 Å². The monoisotopic (exact) mass is 599 g/mol. The summed E-state index contributed by atoms with van der Waals surface area (Å²) in [6, 6.07) is 14.9. The van der Waals surface area contributed by atoms with Crippen LogP contribution in [0.5, 0.6) is 5.75 Å². The number of carbonyl (C=O) groups is 2. The van der Waals surface area contributed by atoms with E-state index in [2.05, 4.69) is 46.3 Å². The number of esters is 1. The van der Waals surface area contributed by atoms with Crippen molar-refractivity contribution in [3.63, 3.8) is 0 Å². The van der Waals surface area contributed by atoms with Gasteiger partial charge in [-0.15, -0.1) is 0 Å². The quantitative estimate of drug-likeness (QED) is 0.207. The summed E-state index contributed by atoms with van der Waals surface area (Å²) >= 11 is 0. The number of benzene rings is 2. The molecule has 2 aliphatic rings. The lowest BCUT2D eigenvalue weighted by molar-refractivity contribution is -0.144. The summed E-state index contributed by atoms with van der Waals surface area (Å²) < 4.78 is 11.4. The fraction of sp³-hybridized carbons (Fsp3) is 0.486. The lowest BCUT2D eigenvalue weighted by Crippen LogP contribution is -2.32. The highest BCUT2D eigenvalue weighted by Crippen LogP contribution is 2.52. The maximum atomic E-state index is 12.6. The largest absolute Gasteiger partial charge is 0.492 e. The van der Waals surface area contributed by atoms with E-state index in [1.54, 1.807) is 24.5 Å². The van der Waals surface area contributed by atoms with E-state index < -0.39 is 0 Å². The molecule has 0 aliphatic heterocycles. The van der Waals surface area contributed by atoms with Gasteiger partial charge in [-0.25, -0.2) is 9.97 Å². The minimum atomic E-state index is -0.383. The van der Waals surface area contributed by atoms with Gasteiger partial charge < -0.3 is 25.0 Å². The predicted molar refractivity (Wildman–Crippen MR) is 172 cm³/mol. The van der Waals surface area contributed by atoms with Gasteiger partial charge in [-0.05, 0) is 98.0 Å². The molecule has 1 aromatic heterocycles. The normalized spacial score (nSPS) is 20.5. The fourth-order valence-corrected chi connectivity index (χ4v) is 6.77. The number of hydrogen-bond donors (Lipinski definition) is 2. The van der Waals surface area contributed by atoms with E-state index in [4.69, 9.17) is 9.47 Å². The minimum absolute atomic E-state index is 0.132. The van der Waals surface area contributed by atoms with Gasteiger partial charge in [-0.3, -0.25) is 9.59 Å². The smallest absolute Gasteiger partial charge is 0.325 e. The number of fused-ring (bicyclic) bond motifs is 2. The minimum Gasteiger partial charge on any atom is -0.492 e. The molecule has 2 aliphatic carbocycles. The molecule has 0 radical (unpaired) electrons. The number of hydrogen-bond acceptors (Lipinski definition) is 8. The molecule has 3 aromatic rings. The first-order valence-corrected chi connectivity index (χ1v) is 16.0. The predicted octanol–water partition coefficient (Wildman–Crippen LogP) is 5.95. The lowest BCUT2D eigenvalue weighted by atomic mass is 9.80. The first-order chi connectivity index (χ1) is 21.4. The molecule has 2 N–H and O–H groups in total. The molecule has 2 fully saturated rings. The highest BCUT2D eigenvalue weighted by molar-refractivity contribution is 5.96. The Hall–Kier alpha value is -3.98. The maximum Gasteiger partial charge on any atom is 0.325 e. The molecule has 2 saturated carbocycles. The molecular weight excluding hydrogens is 554 g/mol. The van der Waals surface area contributed by atoms with Crippen LogP contribution in [0.2, 0.25) is 0 Å². The van der Waals surface area contributed by atoms with Gasteiger partial charge in [-0.1, -0.05) is 39.3 Å². The summed E-state index contributed by atoms with van der Waals surface area (Å²) in [6.45, 7) is 10.5. The number of ether oxygens (including phenoxy) is 2. The van der Waals surface area contributed by atoms with Crippen LogP contribution in [0.25, 0.3) is 11.1 Å². The Morgan fingerprint density at radius 2 is 1.59 bits per heavy atom. The molecule has 0 spiro atoms. The molecule has 2 bridgehead atoms. The van der Waals surface area contributed by atoms with E-state index in [9.17, 15) is 9.59 Å². The van der Waals surface area contributed by atoms with Gasteiger partial charge in [0.25, 0.3) is 5.91 Å². The van der Waals surface area contributed by atoms with Crippen molar-refractivity contribution in [3.05, 3.63) is 66.5 Å². The third-order valence-electron chi connectivity index (χ3n) is 9.28. The Morgan fingerprint density at radius 3 is 2.25 bits per heavy atom. The number of carbonyl (C=O) groups excluding carboxylic acids is 2. The van der Waals surface area contributed by atoms with E-state index in [0.29, 0.717) is 36.6 Å². The molecule has 9 heteroatoms. The van der Waals surface area contributed by atoms with Crippen LogP contribution in [0, 0.1) is 23.7 Å². The average molecular weight is 600 g/mol. The first kappa shape index (κ1) is 31.4. The van der Waals surface area contributed by atoms with Crippen LogP contribution in [0.1, 0.15) is 56.8 Å². The Kier molecular flexibility index (Phi) is 10.8. The van der Waals surface area contributed by atoms with Crippen LogP contribution >= 0.6 is 0 Å². The second-order valence-corrected chi connectivity index (χ2v) is 11.9. The number of nitrogens with one attached hydrogen (secondary N) is 2. The summed E-state index contributed by atoms with van der Waals surface area (Å²) in [5, 5.41) is 5.89. The number of amides is 1. The third-order valence-corrected chi connectivity index (χ3v) is 9.28. The summed E-state index contributed by atoms with van der Waals surface area (Å²) in [5.41, 5.74) is 3.05. The van der Waals surface area contributed by atoms with Crippen molar-refractivity contribution in [1.82, 2.24) is 20.2 Å². The van der Waals surface area contributed by atoms with E-state index in [1.165, 1.54) is 25.7 Å². The molecule has 5 rings (SSSR count). The zero-order valence-electron chi connectivity index (χ0n) is 26.1. The first-order valence-electron chi connectivity index (χ1n) is 16.0. The molecule has 9 nitrogen and oxygen atoms in total. The Morgan fingerprint density at radius 1 is 0.886 bits per heavy atom. The van der Waals surface area contributed by atoms with Crippen LogP contribution in [0.4, 0.5) is 11.6 Å². The van der Waals surface area contributed by atoms with Gasteiger partial charge in [-0.2, -0.15) is 0 Å². The average Bonchev–Trinajstić information content (AvgIpc) is 3.67. The molecule has 4 atom stereocenters. The number of nitrogens with zero attached hydrogens (tertiary/aromatic N) is 3.